The number of hydrogen-bond donors (Lipinski definition) is 1. The van der Waals surface area contributed by atoms with Gasteiger partial charge in [-0.25, -0.2) is 13.2 Å². The number of hydrogen-bond acceptors (Lipinski definition) is 5. The highest BCUT2D eigenvalue weighted by atomic mass is 32.2. The minimum absolute atomic E-state index is 0.0170. The fourth-order valence-corrected chi connectivity index (χ4v) is 4.45. The van der Waals surface area contributed by atoms with Crippen LogP contribution in [0.3, 0.4) is 0 Å². The number of aromatic carboxylic acids is 1. The Balaban J connectivity index is 2.32. The van der Waals surface area contributed by atoms with Crippen LogP contribution in [0.2, 0.25) is 0 Å². The second-order valence-corrected chi connectivity index (χ2v) is 7.57. The SMILES string of the molecule is CC(c1ccncc1)N(C)S(=O)(=O)c1cc(C(=O)O)cs1. The van der Waals surface area contributed by atoms with Gasteiger partial charge in [0.1, 0.15) is 4.21 Å². The van der Waals surface area contributed by atoms with E-state index in [1.165, 1.54) is 22.8 Å². The summed E-state index contributed by atoms with van der Waals surface area (Å²) in [6.07, 6.45) is 3.19. The second-order valence-electron chi connectivity index (χ2n) is 4.44. The summed E-state index contributed by atoms with van der Waals surface area (Å²) < 4.78 is 26.3. The number of carbonyl (C=O) groups is 1. The molecule has 2 aromatic rings. The molecule has 21 heavy (non-hydrogen) atoms. The number of carboxylic acids is 1. The predicted octanol–water partition coefficient (Wildman–Crippen LogP) is 2.22. The predicted molar refractivity (Wildman–Crippen MR) is 78.9 cm³/mol. The maximum absolute atomic E-state index is 12.5. The van der Waals surface area contributed by atoms with Gasteiger partial charge >= 0.3 is 5.97 Å². The Morgan fingerprint density at radius 3 is 2.52 bits per heavy atom. The molecule has 6 nitrogen and oxygen atoms in total. The zero-order chi connectivity index (χ0) is 15.6. The fourth-order valence-electron chi connectivity index (χ4n) is 1.77. The van der Waals surface area contributed by atoms with E-state index in [2.05, 4.69) is 4.98 Å². The van der Waals surface area contributed by atoms with Crippen molar-refractivity contribution in [2.24, 2.45) is 0 Å². The van der Waals surface area contributed by atoms with Gasteiger partial charge in [-0.15, -0.1) is 11.3 Å². The van der Waals surface area contributed by atoms with E-state index in [0.717, 1.165) is 16.9 Å². The smallest absolute Gasteiger partial charge is 0.336 e. The second kappa shape index (κ2) is 5.92. The first-order valence-corrected chi connectivity index (χ1v) is 8.36. The van der Waals surface area contributed by atoms with E-state index in [1.807, 2.05) is 0 Å². The van der Waals surface area contributed by atoms with Crippen LogP contribution in [0.15, 0.2) is 40.2 Å². The lowest BCUT2D eigenvalue weighted by Crippen LogP contribution is -2.29. The lowest BCUT2D eigenvalue weighted by molar-refractivity contribution is 0.0697. The molecule has 0 aliphatic heterocycles. The minimum Gasteiger partial charge on any atom is -0.478 e. The number of nitrogens with zero attached hydrogens (tertiary/aromatic N) is 2. The molecule has 2 aromatic heterocycles. The van der Waals surface area contributed by atoms with Gasteiger partial charge in [-0.05, 0) is 30.7 Å². The highest BCUT2D eigenvalue weighted by Crippen LogP contribution is 2.29. The summed E-state index contributed by atoms with van der Waals surface area (Å²) in [5.74, 6) is -1.14. The van der Waals surface area contributed by atoms with E-state index in [4.69, 9.17) is 5.11 Å². The molecule has 8 heteroatoms. The molecule has 0 saturated carbocycles. The van der Waals surface area contributed by atoms with E-state index >= 15 is 0 Å². The third-order valence-electron chi connectivity index (χ3n) is 3.19. The maximum atomic E-state index is 12.5. The van der Waals surface area contributed by atoms with Crippen LogP contribution < -0.4 is 0 Å². The monoisotopic (exact) mass is 326 g/mol. The normalized spacial score (nSPS) is 13.3. The Kier molecular flexibility index (Phi) is 4.40. The van der Waals surface area contributed by atoms with E-state index in [9.17, 15) is 13.2 Å². The van der Waals surface area contributed by atoms with Gasteiger partial charge in [-0.3, -0.25) is 4.98 Å². The molecule has 0 saturated heterocycles. The molecular weight excluding hydrogens is 312 g/mol. The molecule has 0 fully saturated rings. The summed E-state index contributed by atoms with van der Waals surface area (Å²) in [6, 6.07) is 4.29. The Hall–Kier alpha value is -1.77. The first-order valence-electron chi connectivity index (χ1n) is 6.04. The van der Waals surface area contributed by atoms with Gasteiger partial charge in [0, 0.05) is 30.9 Å². The van der Waals surface area contributed by atoms with Gasteiger partial charge in [-0.1, -0.05) is 0 Å². The molecule has 0 spiro atoms. The lowest BCUT2D eigenvalue weighted by atomic mass is 10.1. The van der Waals surface area contributed by atoms with Crippen LogP contribution in [-0.4, -0.2) is 35.8 Å². The molecule has 0 aromatic carbocycles. The summed E-state index contributed by atoms with van der Waals surface area (Å²) in [5, 5.41) is 10.2. The Labute approximate surface area is 126 Å². The van der Waals surface area contributed by atoms with Crippen molar-refractivity contribution in [3.05, 3.63) is 47.1 Å². The third-order valence-corrected chi connectivity index (χ3v) is 6.53. The van der Waals surface area contributed by atoms with Gasteiger partial charge in [0.25, 0.3) is 10.0 Å². The van der Waals surface area contributed by atoms with Gasteiger partial charge in [0.05, 0.1) is 5.56 Å². The highest BCUT2D eigenvalue weighted by molar-refractivity contribution is 7.91. The van der Waals surface area contributed by atoms with Crippen molar-refractivity contribution < 1.29 is 18.3 Å². The zero-order valence-corrected chi connectivity index (χ0v) is 13.1. The molecule has 0 bridgehead atoms. The average molecular weight is 326 g/mol. The first-order chi connectivity index (χ1) is 9.84. The van der Waals surface area contributed by atoms with Crippen LogP contribution >= 0.6 is 11.3 Å². The number of rotatable bonds is 5. The van der Waals surface area contributed by atoms with Crippen molar-refractivity contribution in [3.63, 3.8) is 0 Å². The summed E-state index contributed by atoms with van der Waals surface area (Å²) >= 11 is 0.903. The minimum atomic E-state index is -3.73. The Morgan fingerprint density at radius 2 is 2.00 bits per heavy atom. The molecule has 0 amide bonds. The number of carboxylic acid groups (broad SMARTS) is 1. The van der Waals surface area contributed by atoms with Crippen LogP contribution in [0.4, 0.5) is 0 Å². The van der Waals surface area contributed by atoms with Crippen molar-refractivity contribution in [2.75, 3.05) is 7.05 Å². The van der Waals surface area contributed by atoms with E-state index < -0.39 is 16.0 Å². The molecule has 112 valence electrons. The standard InChI is InChI=1S/C13H14N2O4S2/c1-9(10-3-5-14-6-4-10)15(2)21(18,19)12-7-11(8-20-12)13(16)17/h3-9H,1-2H3,(H,16,17). The summed E-state index contributed by atoms with van der Waals surface area (Å²) in [6.45, 7) is 1.76. The number of thiophene rings is 1. The number of sulfonamides is 1. The van der Waals surface area contributed by atoms with Crippen LogP contribution in [0.25, 0.3) is 0 Å². The van der Waals surface area contributed by atoms with Gasteiger partial charge in [0.15, 0.2) is 0 Å². The van der Waals surface area contributed by atoms with Gasteiger partial charge in [0.2, 0.25) is 0 Å². The van der Waals surface area contributed by atoms with Gasteiger partial charge < -0.3 is 5.11 Å². The first kappa shape index (κ1) is 15.6. The molecule has 2 rings (SSSR count). The van der Waals surface area contributed by atoms with E-state index in [0.29, 0.717) is 0 Å². The fraction of sp³-hybridized carbons (Fsp3) is 0.231. The molecule has 1 unspecified atom stereocenters. The molecule has 1 atom stereocenters. The van der Waals surface area contributed by atoms with Crippen LogP contribution in [0.5, 0.6) is 0 Å². The summed E-state index contributed by atoms with van der Waals surface area (Å²) in [4.78, 5) is 14.8. The largest absolute Gasteiger partial charge is 0.478 e. The molecule has 0 aliphatic carbocycles. The number of pyridine rings is 1. The van der Waals surface area contributed by atoms with Crippen molar-refractivity contribution in [1.29, 1.82) is 0 Å². The Morgan fingerprint density at radius 1 is 1.38 bits per heavy atom. The van der Waals surface area contributed by atoms with Crippen molar-refractivity contribution in [3.8, 4) is 0 Å². The summed E-state index contributed by atoms with van der Waals surface area (Å²) in [5.41, 5.74) is 0.787. The van der Waals surface area contributed by atoms with E-state index in [1.54, 1.807) is 31.5 Å². The van der Waals surface area contributed by atoms with Crippen molar-refractivity contribution >= 4 is 27.3 Å². The van der Waals surface area contributed by atoms with Crippen molar-refractivity contribution in [1.82, 2.24) is 9.29 Å². The van der Waals surface area contributed by atoms with E-state index in [-0.39, 0.29) is 15.8 Å². The quantitative estimate of drug-likeness (QED) is 0.910. The maximum Gasteiger partial charge on any atom is 0.336 e. The topological polar surface area (TPSA) is 87.6 Å². The molecule has 1 N–H and O–H groups in total. The molecular formula is C13H14N2O4S2. The molecule has 0 radical (unpaired) electrons. The van der Waals surface area contributed by atoms with Gasteiger partial charge in [-0.2, -0.15) is 4.31 Å². The van der Waals surface area contributed by atoms with Crippen LogP contribution in [-0.2, 0) is 10.0 Å². The third kappa shape index (κ3) is 3.12. The van der Waals surface area contributed by atoms with Crippen LogP contribution in [0.1, 0.15) is 28.9 Å². The highest BCUT2D eigenvalue weighted by Gasteiger charge is 2.28. The van der Waals surface area contributed by atoms with Crippen LogP contribution in [0, 0.1) is 0 Å². The Bertz CT molecular complexity index is 741. The zero-order valence-electron chi connectivity index (χ0n) is 11.4. The number of aromatic nitrogens is 1. The van der Waals surface area contributed by atoms with Crippen molar-refractivity contribution in [2.45, 2.75) is 17.2 Å². The lowest BCUT2D eigenvalue weighted by Gasteiger charge is -2.23. The molecule has 0 aliphatic rings. The summed E-state index contributed by atoms with van der Waals surface area (Å²) in [7, 11) is -2.26. The molecule has 2 heterocycles. The average Bonchev–Trinajstić information content (AvgIpc) is 2.97.